The van der Waals surface area contributed by atoms with Gasteiger partial charge in [-0.15, -0.1) is 0 Å². The first-order valence-electron chi connectivity index (χ1n) is 4.18. The number of aryl methyl sites for hydroxylation is 1. The Morgan fingerprint density at radius 2 is 2.20 bits per heavy atom. The van der Waals surface area contributed by atoms with Crippen LogP contribution < -0.4 is 5.73 Å². The van der Waals surface area contributed by atoms with Gasteiger partial charge in [-0.05, 0) is 30.2 Å². The van der Waals surface area contributed by atoms with E-state index in [1.807, 2.05) is 0 Å². The molecule has 0 bridgehead atoms. The molecule has 1 aromatic rings. The summed E-state index contributed by atoms with van der Waals surface area (Å²) in [6, 6.07) is 1.62. The Kier molecular flexibility index (Phi) is 3.17. The summed E-state index contributed by atoms with van der Waals surface area (Å²) in [5.41, 5.74) is 6.09. The van der Waals surface area contributed by atoms with Crippen molar-refractivity contribution in [2.75, 3.05) is 0 Å². The second-order valence-corrected chi connectivity index (χ2v) is 2.98. The quantitative estimate of drug-likeness (QED) is 0.707. The second-order valence-electron chi connectivity index (χ2n) is 2.98. The van der Waals surface area contributed by atoms with E-state index in [-0.39, 0.29) is 5.69 Å². The van der Waals surface area contributed by atoms with Gasteiger partial charge in [-0.2, -0.15) is 0 Å². The molecule has 5 heteroatoms. The predicted octanol–water partition coefficient (Wildman–Crippen LogP) is 0.587. The third-order valence-electron chi connectivity index (χ3n) is 1.74. The van der Waals surface area contributed by atoms with E-state index in [1.54, 1.807) is 13.0 Å². The van der Waals surface area contributed by atoms with Crippen molar-refractivity contribution in [3.8, 4) is 0 Å². The molecule has 0 aliphatic heterocycles. The van der Waals surface area contributed by atoms with E-state index >= 15 is 0 Å². The molecule has 0 fully saturated rings. The van der Waals surface area contributed by atoms with Crippen LogP contribution in [0.3, 0.4) is 0 Å². The molecule has 78 valence electrons. The number of carboxylic acids is 1. The molecule has 0 radical (unpaired) electrons. The molecule has 1 heterocycles. The predicted molar refractivity (Wildman–Crippen MR) is 54.2 cm³/mol. The Hall–Kier alpha value is -2.17. The zero-order valence-electron chi connectivity index (χ0n) is 8.10. The maximum atomic E-state index is 10.6. The number of amides is 1. The van der Waals surface area contributed by atoms with E-state index in [9.17, 15) is 9.59 Å². The van der Waals surface area contributed by atoms with Crippen molar-refractivity contribution in [2.24, 2.45) is 5.73 Å². The van der Waals surface area contributed by atoms with Gasteiger partial charge in [-0.1, -0.05) is 0 Å². The summed E-state index contributed by atoms with van der Waals surface area (Å²) in [4.78, 5) is 24.9. The summed E-state index contributed by atoms with van der Waals surface area (Å²) in [5, 5.41) is 8.72. The zero-order chi connectivity index (χ0) is 11.4. The number of primary amides is 1. The summed E-state index contributed by atoms with van der Waals surface area (Å²) < 4.78 is 0. The topological polar surface area (TPSA) is 93.3 Å². The lowest BCUT2D eigenvalue weighted by Gasteiger charge is -2.00. The number of carbonyl (C=O) groups excluding carboxylic acids is 1. The SMILES string of the molecule is Cc1cc(C=CC(N)=O)cnc1C(=O)O. The maximum absolute atomic E-state index is 10.6. The number of nitrogens with zero attached hydrogens (tertiary/aromatic N) is 1. The van der Waals surface area contributed by atoms with E-state index in [0.29, 0.717) is 11.1 Å². The number of nitrogens with two attached hydrogens (primary N) is 1. The first kappa shape index (κ1) is 10.9. The van der Waals surface area contributed by atoms with Crippen LogP contribution in [0.4, 0.5) is 0 Å². The van der Waals surface area contributed by atoms with E-state index in [1.165, 1.54) is 18.3 Å². The molecule has 15 heavy (non-hydrogen) atoms. The first-order chi connectivity index (χ1) is 7.00. The van der Waals surface area contributed by atoms with Gasteiger partial charge in [0.1, 0.15) is 0 Å². The monoisotopic (exact) mass is 206 g/mol. The molecular weight excluding hydrogens is 196 g/mol. The molecule has 0 saturated carbocycles. The van der Waals surface area contributed by atoms with Crippen molar-refractivity contribution in [3.63, 3.8) is 0 Å². The summed E-state index contributed by atoms with van der Waals surface area (Å²) in [6.07, 6.45) is 4.04. The minimum absolute atomic E-state index is 0.00576. The molecule has 0 aliphatic carbocycles. The molecule has 0 spiro atoms. The van der Waals surface area contributed by atoms with Gasteiger partial charge in [0.2, 0.25) is 5.91 Å². The lowest BCUT2D eigenvalue weighted by atomic mass is 10.1. The first-order valence-corrected chi connectivity index (χ1v) is 4.18. The molecule has 5 nitrogen and oxygen atoms in total. The number of carbonyl (C=O) groups is 2. The highest BCUT2D eigenvalue weighted by Gasteiger charge is 2.07. The van der Waals surface area contributed by atoms with Crippen LogP contribution in [0.1, 0.15) is 21.6 Å². The van der Waals surface area contributed by atoms with Gasteiger partial charge in [-0.3, -0.25) is 4.79 Å². The minimum atomic E-state index is -1.07. The van der Waals surface area contributed by atoms with Crippen molar-refractivity contribution in [1.82, 2.24) is 4.98 Å². The van der Waals surface area contributed by atoms with E-state index in [0.717, 1.165) is 0 Å². The van der Waals surface area contributed by atoms with E-state index in [4.69, 9.17) is 10.8 Å². The fourth-order valence-electron chi connectivity index (χ4n) is 1.09. The fraction of sp³-hybridized carbons (Fsp3) is 0.100. The summed E-state index contributed by atoms with van der Waals surface area (Å²) in [6.45, 7) is 1.64. The van der Waals surface area contributed by atoms with Crippen LogP contribution in [0, 0.1) is 6.92 Å². The highest BCUT2D eigenvalue weighted by atomic mass is 16.4. The highest BCUT2D eigenvalue weighted by Crippen LogP contribution is 2.08. The molecule has 0 aromatic carbocycles. The molecule has 0 atom stereocenters. The standard InChI is InChI=1S/C10H10N2O3/c1-6-4-7(2-3-8(11)13)5-12-9(6)10(14)15/h2-5H,1H3,(H2,11,13)(H,14,15). The van der Waals surface area contributed by atoms with Gasteiger partial charge in [-0.25, -0.2) is 9.78 Å². The third kappa shape index (κ3) is 2.91. The van der Waals surface area contributed by atoms with Crippen LogP contribution in [-0.4, -0.2) is 22.0 Å². The van der Waals surface area contributed by atoms with Crippen LogP contribution >= 0.6 is 0 Å². The Balaban J connectivity index is 3.01. The Morgan fingerprint density at radius 3 is 2.67 bits per heavy atom. The van der Waals surface area contributed by atoms with Crippen molar-refractivity contribution in [2.45, 2.75) is 6.92 Å². The zero-order valence-corrected chi connectivity index (χ0v) is 8.10. The number of hydrogen-bond acceptors (Lipinski definition) is 3. The van der Waals surface area contributed by atoms with Crippen LogP contribution in [0.15, 0.2) is 18.3 Å². The fourth-order valence-corrected chi connectivity index (χ4v) is 1.09. The van der Waals surface area contributed by atoms with Crippen molar-refractivity contribution in [1.29, 1.82) is 0 Å². The smallest absolute Gasteiger partial charge is 0.354 e. The number of carboxylic acid groups (broad SMARTS) is 1. The Morgan fingerprint density at radius 1 is 1.53 bits per heavy atom. The lowest BCUT2D eigenvalue weighted by Crippen LogP contribution is -2.05. The largest absolute Gasteiger partial charge is 0.477 e. The third-order valence-corrected chi connectivity index (χ3v) is 1.74. The van der Waals surface area contributed by atoms with Crippen LogP contribution in [-0.2, 0) is 4.79 Å². The lowest BCUT2D eigenvalue weighted by molar-refractivity contribution is -0.113. The normalized spacial score (nSPS) is 10.5. The van der Waals surface area contributed by atoms with E-state index < -0.39 is 11.9 Å². The molecule has 0 aliphatic rings. The minimum Gasteiger partial charge on any atom is -0.477 e. The van der Waals surface area contributed by atoms with Crippen molar-refractivity contribution >= 4 is 18.0 Å². The number of aromatic nitrogens is 1. The summed E-state index contributed by atoms with van der Waals surface area (Å²) >= 11 is 0. The van der Waals surface area contributed by atoms with Gasteiger partial charge >= 0.3 is 5.97 Å². The average Bonchev–Trinajstić information content (AvgIpc) is 2.14. The van der Waals surface area contributed by atoms with Crippen LogP contribution in [0.2, 0.25) is 0 Å². The van der Waals surface area contributed by atoms with Gasteiger partial charge in [0.05, 0.1) is 0 Å². The maximum Gasteiger partial charge on any atom is 0.354 e. The number of aromatic carboxylic acids is 1. The van der Waals surface area contributed by atoms with Gasteiger partial charge < -0.3 is 10.8 Å². The average molecular weight is 206 g/mol. The molecule has 1 amide bonds. The van der Waals surface area contributed by atoms with Gasteiger partial charge in [0, 0.05) is 12.3 Å². The van der Waals surface area contributed by atoms with E-state index in [2.05, 4.69) is 4.98 Å². The Bertz CT molecular complexity index is 438. The number of pyridine rings is 1. The molecule has 1 aromatic heterocycles. The molecular formula is C10H10N2O3. The number of rotatable bonds is 3. The Labute approximate surface area is 86.2 Å². The molecule has 0 saturated heterocycles. The number of hydrogen-bond donors (Lipinski definition) is 2. The van der Waals surface area contributed by atoms with Gasteiger partial charge in [0.15, 0.2) is 5.69 Å². The van der Waals surface area contributed by atoms with Crippen molar-refractivity contribution < 1.29 is 14.7 Å². The van der Waals surface area contributed by atoms with Crippen LogP contribution in [0.25, 0.3) is 6.08 Å². The summed E-state index contributed by atoms with van der Waals surface area (Å²) in [7, 11) is 0. The van der Waals surface area contributed by atoms with Crippen molar-refractivity contribution in [3.05, 3.63) is 35.2 Å². The second kappa shape index (κ2) is 4.36. The summed E-state index contributed by atoms with van der Waals surface area (Å²) in [5.74, 6) is -1.63. The molecule has 1 rings (SSSR count). The molecule has 3 N–H and O–H groups in total. The van der Waals surface area contributed by atoms with Gasteiger partial charge in [0.25, 0.3) is 0 Å². The molecule has 0 unspecified atom stereocenters. The highest BCUT2D eigenvalue weighted by molar-refractivity contribution is 5.90. The van der Waals surface area contributed by atoms with Crippen LogP contribution in [0.5, 0.6) is 0 Å².